The molecule has 4 fully saturated rings. The highest BCUT2D eigenvalue weighted by Gasteiger charge is 2.72. The summed E-state index contributed by atoms with van der Waals surface area (Å²) in [5, 5.41) is 11.7. The van der Waals surface area contributed by atoms with E-state index in [9.17, 15) is 14.7 Å². The van der Waals surface area contributed by atoms with E-state index in [1.807, 2.05) is 13.0 Å². The number of ketones is 2. The van der Waals surface area contributed by atoms with Gasteiger partial charge in [0.2, 0.25) is 0 Å². The number of hydrogen-bond acceptors (Lipinski definition) is 6. The summed E-state index contributed by atoms with van der Waals surface area (Å²) in [6.07, 6.45) is 9.21. The van der Waals surface area contributed by atoms with Gasteiger partial charge in [-0.15, -0.1) is 0 Å². The molecular weight excluding hydrogens is 432 g/mol. The molecule has 5 rings (SSSR count). The van der Waals surface area contributed by atoms with Crippen molar-refractivity contribution in [2.75, 3.05) is 13.2 Å². The Morgan fingerprint density at radius 1 is 1.24 bits per heavy atom. The number of aliphatic hydroxyl groups is 1. The van der Waals surface area contributed by atoms with Crippen molar-refractivity contribution in [3.8, 4) is 0 Å². The molecule has 6 heteroatoms. The van der Waals surface area contributed by atoms with Crippen LogP contribution in [0.2, 0.25) is 0 Å². The van der Waals surface area contributed by atoms with Crippen molar-refractivity contribution in [2.24, 2.45) is 34.5 Å². The summed E-state index contributed by atoms with van der Waals surface area (Å²) in [6, 6.07) is 0. The third kappa shape index (κ3) is 3.14. The van der Waals surface area contributed by atoms with Gasteiger partial charge in [0.05, 0.1) is 6.10 Å². The molecule has 4 aliphatic carbocycles. The maximum absolute atomic E-state index is 13.6. The summed E-state index contributed by atoms with van der Waals surface area (Å²) in [4.78, 5) is 25.8. The normalized spacial score (nSPS) is 50.1. The summed E-state index contributed by atoms with van der Waals surface area (Å²) in [6.45, 7) is 10.9. The monoisotopic (exact) mass is 472 g/mol. The molecule has 5 aliphatic rings. The van der Waals surface area contributed by atoms with Gasteiger partial charge in [0.25, 0.3) is 5.97 Å². The highest BCUT2D eigenvalue weighted by Crippen LogP contribution is 2.69. The first-order valence-electron chi connectivity index (χ1n) is 13.2. The van der Waals surface area contributed by atoms with Crippen molar-refractivity contribution in [3.05, 3.63) is 23.8 Å². The fraction of sp³-hybridized carbons (Fsp3) is 0.786. The summed E-state index contributed by atoms with van der Waals surface area (Å²) >= 11 is 0. The predicted octanol–water partition coefficient (Wildman–Crippen LogP) is 4.36. The minimum Gasteiger partial charge on any atom is -0.393 e. The molecule has 0 amide bonds. The lowest BCUT2D eigenvalue weighted by Crippen LogP contribution is -2.67. The van der Waals surface area contributed by atoms with Crippen LogP contribution in [0, 0.1) is 34.5 Å². The number of fused-ring (bicyclic) bond motifs is 6. The van der Waals surface area contributed by atoms with Crippen LogP contribution in [0.5, 0.6) is 0 Å². The van der Waals surface area contributed by atoms with Crippen LogP contribution in [0.25, 0.3) is 0 Å². The van der Waals surface area contributed by atoms with Gasteiger partial charge in [-0.05, 0) is 68.9 Å². The van der Waals surface area contributed by atoms with Crippen LogP contribution in [0.3, 0.4) is 0 Å². The molecule has 1 N–H and O–H groups in total. The number of aliphatic hydroxyl groups excluding tert-OH is 1. The molecule has 6 nitrogen and oxygen atoms in total. The first-order chi connectivity index (χ1) is 16.1. The number of Topliss-reactive ketones (excluding diaryl/α,β-unsaturated/α-hetero) is 1. The van der Waals surface area contributed by atoms with E-state index in [1.54, 1.807) is 12.2 Å². The molecule has 1 spiro atoms. The summed E-state index contributed by atoms with van der Waals surface area (Å²) in [5.74, 6) is -0.419. The molecule has 1 saturated heterocycles. The third-order valence-electron chi connectivity index (χ3n) is 10.1. The zero-order valence-electron chi connectivity index (χ0n) is 21.3. The quantitative estimate of drug-likeness (QED) is 0.655. The SMILES string of the molecule is CCCC1(OCC)OCC(=O)[C@]2(CCC3C4C[C@H](C)C5=CC(=O)C=CC5(C)C4[C@@H](O)CC32C)O1. The average molecular weight is 473 g/mol. The van der Waals surface area contributed by atoms with Crippen molar-refractivity contribution in [1.82, 2.24) is 0 Å². The Balaban J connectivity index is 1.55. The second-order valence-corrected chi connectivity index (χ2v) is 11.8. The number of hydrogen-bond donors (Lipinski definition) is 1. The van der Waals surface area contributed by atoms with Crippen LogP contribution < -0.4 is 0 Å². The van der Waals surface area contributed by atoms with Gasteiger partial charge in [0.1, 0.15) is 12.2 Å². The topological polar surface area (TPSA) is 82.1 Å². The van der Waals surface area contributed by atoms with Gasteiger partial charge in [0, 0.05) is 29.8 Å². The van der Waals surface area contributed by atoms with Crippen LogP contribution in [0.15, 0.2) is 23.8 Å². The van der Waals surface area contributed by atoms with Crippen molar-refractivity contribution >= 4 is 11.6 Å². The zero-order chi connectivity index (χ0) is 24.5. The summed E-state index contributed by atoms with van der Waals surface area (Å²) in [7, 11) is 0. The van der Waals surface area contributed by atoms with Crippen molar-refractivity contribution in [1.29, 1.82) is 0 Å². The largest absolute Gasteiger partial charge is 0.393 e. The molecule has 0 radical (unpaired) electrons. The summed E-state index contributed by atoms with van der Waals surface area (Å²) in [5.41, 5.74) is -0.709. The maximum atomic E-state index is 13.6. The molecule has 9 atom stereocenters. The molecule has 1 heterocycles. The van der Waals surface area contributed by atoms with Crippen molar-refractivity contribution < 1.29 is 28.9 Å². The van der Waals surface area contributed by atoms with E-state index < -0.39 is 23.1 Å². The van der Waals surface area contributed by atoms with E-state index in [-0.39, 0.29) is 47.3 Å². The fourth-order valence-electron chi connectivity index (χ4n) is 8.80. The van der Waals surface area contributed by atoms with Gasteiger partial charge in [-0.3, -0.25) is 9.59 Å². The van der Waals surface area contributed by atoms with Gasteiger partial charge in [0.15, 0.2) is 11.6 Å². The Morgan fingerprint density at radius 3 is 2.71 bits per heavy atom. The smallest absolute Gasteiger partial charge is 0.284 e. The van der Waals surface area contributed by atoms with Crippen molar-refractivity contribution in [2.45, 2.75) is 90.8 Å². The van der Waals surface area contributed by atoms with E-state index in [1.165, 1.54) is 0 Å². The van der Waals surface area contributed by atoms with Gasteiger partial charge in [-0.25, -0.2) is 0 Å². The zero-order valence-corrected chi connectivity index (χ0v) is 21.3. The molecule has 0 aromatic heterocycles. The molecule has 34 heavy (non-hydrogen) atoms. The Bertz CT molecular complexity index is 931. The molecular formula is C28H40O6. The van der Waals surface area contributed by atoms with Crippen LogP contribution in [-0.4, -0.2) is 47.6 Å². The fourth-order valence-corrected chi connectivity index (χ4v) is 8.80. The first-order valence-corrected chi connectivity index (χ1v) is 13.2. The number of carbonyl (C=O) groups excluding carboxylic acids is 2. The molecule has 1 aliphatic heterocycles. The third-order valence-corrected chi connectivity index (χ3v) is 10.1. The number of rotatable bonds is 4. The Morgan fingerprint density at radius 2 is 2.00 bits per heavy atom. The molecule has 0 bridgehead atoms. The Kier molecular flexibility index (Phi) is 5.79. The highest BCUT2D eigenvalue weighted by atomic mass is 16.9. The van der Waals surface area contributed by atoms with E-state index in [2.05, 4.69) is 27.7 Å². The molecule has 0 aromatic rings. The van der Waals surface area contributed by atoms with Gasteiger partial charge >= 0.3 is 0 Å². The minimum absolute atomic E-state index is 0.0155. The second kappa shape index (κ2) is 8.09. The lowest BCUT2D eigenvalue weighted by molar-refractivity contribution is -0.431. The van der Waals surface area contributed by atoms with E-state index >= 15 is 0 Å². The van der Waals surface area contributed by atoms with E-state index in [0.717, 1.165) is 24.8 Å². The second-order valence-electron chi connectivity index (χ2n) is 11.8. The van der Waals surface area contributed by atoms with Crippen LogP contribution in [-0.2, 0) is 23.8 Å². The standard InChI is InChI=1S/C28H40O6/c1-6-10-28(32-7-2)33-16-23(31)27(34-28)12-9-20-19-13-17(3)21-14-18(29)8-11-25(21,4)24(19)22(30)15-26(20,27)5/h8,11,14,17,19-20,22,24,30H,6-7,9-10,12-13,15-16H2,1-5H3/t17-,19?,20?,22-,24?,25?,26?,27-,28?/m0/s1. The number of carbonyl (C=O) groups is 2. The van der Waals surface area contributed by atoms with Crippen LogP contribution in [0.1, 0.15) is 73.1 Å². The van der Waals surface area contributed by atoms with Gasteiger partial charge in [-0.2, -0.15) is 0 Å². The van der Waals surface area contributed by atoms with Gasteiger partial charge < -0.3 is 19.3 Å². The lowest BCUT2D eigenvalue weighted by atomic mass is 9.44. The molecule has 0 aromatic carbocycles. The van der Waals surface area contributed by atoms with Gasteiger partial charge in [-0.1, -0.05) is 39.3 Å². The van der Waals surface area contributed by atoms with Crippen LogP contribution in [0.4, 0.5) is 0 Å². The number of ether oxygens (including phenoxy) is 3. The molecule has 188 valence electrons. The van der Waals surface area contributed by atoms with Crippen LogP contribution >= 0.6 is 0 Å². The summed E-state index contributed by atoms with van der Waals surface area (Å²) < 4.78 is 18.6. The first kappa shape index (κ1) is 24.4. The predicted molar refractivity (Wildman–Crippen MR) is 127 cm³/mol. The highest BCUT2D eigenvalue weighted by molar-refractivity contribution is 6.01. The average Bonchev–Trinajstić information content (AvgIpc) is 3.05. The Labute approximate surface area is 203 Å². The number of allylic oxidation sites excluding steroid dienone is 4. The van der Waals surface area contributed by atoms with E-state index in [0.29, 0.717) is 25.9 Å². The molecule has 3 saturated carbocycles. The van der Waals surface area contributed by atoms with Crippen molar-refractivity contribution in [3.63, 3.8) is 0 Å². The van der Waals surface area contributed by atoms with E-state index in [4.69, 9.17) is 14.2 Å². The molecule has 6 unspecified atom stereocenters. The lowest BCUT2D eigenvalue weighted by Gasteiger charge is -2.62. The maximum Gasteiger partial charge on any atom is 0.284 e. The Hall–Kier alpha value is -1.34. The minimum atomic E-state index is -1.20.